The van der Waals surface area contributed by atoms with E-state index in [1.54, 1.807) is 12.2 Å². The lowest BCUT2D eigenvalue weighted by atomic mass is 10.0. The summed E-state index contributed by atoms with van der Waals surface area (Å²) in [7, 11) is 0. The summed E-state index contributed by atoms with van der Waals surface area (Å²) in [5.41, 5.74) is -0.356. The summed E-state index contributed by atoms with van der Waals surface area (Å²) in [4.78, 5) is 4.33. The minimum Gasteiger partial charge on any atom is -0.478 e. The summed E-state index contributed by atoms with van der Waals surface area (Å²) in [6.45, 7) is 9.97. The Morgan fingerprint density at radius 2 is 2.27 bits per heavy atom. The van der Waals surface area contributed by atoms with Gasteiger partial charge in [-0.05, 0) is 0 Å². The molecule has 0 spiro atoms. The van der Waals surface area contributed by atoms with Crippen LogP contribution in [0, 0.1) is 0 Å². The van der Waals surface area contributed by atoms with Gasteiger partial charge in [-0.1, -0.05) is 19.1 Å². The van der Waals surface area contributed by atoms with E-state index >= 15 is 0 Å². The highest BCUT2D eigenvalue weighted by atomic mass is 16.5. The lowest BCUT2D eigenvalue weighted by molar-refractivity contribution is 0.302. The molecule has 2 nitrogen and oxygen atoms in total. The third-order valence-electron chi connectivity index (χ3n) is 1.81. The van der Waals surface area contributed by atoms with E-state index in [1.165, 1.54) is 0 Å². The van der Waals surface area contributed by atoms with Gasteiger partial charge >= 0.3 is 0 Å². The zero-order valence-corrected chi connectivity index (χ0v) is 6.84. The highest BCUT2D eigenvalue weighted by Crippen LogP contribution is 2.21. The first-order chi connectivity index (χ1) is 5.26. The summed E-state index contributed by atoms with van der Waals surface area (Å²) < 4.78 is 5.31. The van der Waals surface area contributed by atoms with Gasteiger partial charge < -0.3 is 4.74 Å². The molecule has 0 bridgehead atoms. The van der Waals surface area contributed by atoms with Gasteiger partial charge in [0.15, 0.2) is 5.90 Å². The highest BCUT2D eigenvalue weighted by molar-refractivity contribution is 5.78. The van der Waals surface area contributed by atoms with Crippen molar-refractivity contribution < 1.29 is 4.74 Å². The lowest BCUT2D eigenvalue weighted by Crippen LogP contribution is -2.20. The second-order valence-corrected chi connectivity index (χ2v) is 2.55. The Morgan fingerprint density at radius 1 is 1.64 bits per heavy atom. The van der Waals surface area contributed by atoms with Crippen LogP contribution in [-0.2, 0) is 4.74 Å². The van der Waals surface area contributed by atoms with E-state index in [-0.39, 0.29) is 5.54 Å². The third-order valence-corrected chi connectivity index (χ3v) is 1.81. The maximum atomic E-state index is 5.31. The molecule has 1 aliphatic rings. The second-order valence-electron chi connectivity index (χ2n) is 2.55. The monoisotopic (exact) mass is 151 g/mol. The molecule has 0 radical (unpaired) electrons. The SMILES string of the molecule is C=CC1(C=C)COC(CC)=N1. The Balaban J connectivity index is 2.82. The van der Waals surface area contributed by atoms with Gasteiger partial charge in [0, 0.05) is 6.42 Å². The molecule has 0 aliphatic carbocycles. The van der Waals surface area contributed by atoms with Gasteiger partial charge in [0.05, 0.1) is 0 Å². The van der Waals surface area contributed by atoms with Crippen LogP contribution >= 0.6 is 0 Å². The maximum Gasteiger partial charge on any atom is 0.184 e. The molecule has 0 aromatic carbocycles. The molecule has 60 valence electrons. The van der Waals surface area contributed by atoms with Gasteiger partial charge in [0.25, 0.3) is 0 Å². The fourth-order valence-electron chi connectivity index (χ4n) is 0.969. The summed E-state index contributed by atoms with van der Waals surface area (Å²) in [6.07, 6.45) is 4.37. The maximum absolute atomic E-state index is 5.31. The average Bonchev–Trinajstić information content (AvgIpc) is 2.49. The van der Waals surface area contributed by atoms with Crippen molar-refractivity contribution >= 4 is 5.90 Å². The van der Waals surface area contributed by atoms with Crippen molar-refractivity contribution in [1.82, 2.24) is 0 Å². The van der Waals surface area contributed by atoms with E-state index in [0.717, 1.165) is 12.3 Å². The molecule has 0 saturated heterocycles. The van der Waals surface area contributed by atoms with E-state index in [1.807, 2.05) is 6.92 Å². The summed E-state index contributed by atoms with van der Waals surface area (Å²) in [5.74, 6) is 0.796. The molecule has 1 aliphatic heterocycles. The minimum absolute atomic E-state index is 0.356. The van der Waals surface area contributed by atoms with E-state index < -0.39 is 0 Å². The first-order valence-electron chi connectivity index (χ1n) is 3.75. The summed E-state index contributed by atoms with van der Waals surface area (Å²) in [6, 6.07) is 0. The van der Waals surface area contributed by atoms with Crippen molar-refractivity contribution in [2.24, 2.45) is 4.99 Å². The largest absolute Gasteiger partial charge is 0.478 e. The smallest absolute Gasteiger partial charge is 0.184 e. The van der Waals surface area contributed by atoms with Crippen molar-refractivity contribution in [2.75, 3.05) is 6.61 Å². The molecule has 0 unspecified atom stereocenters. The molecule has 1 heterocycles. The number of hydrogen-bond acceptors (Lipinski definition) is 2. The van der Waals surface area contributed by atoms with Gasteiger partial charge in [-0.15, -0.1) is 13.2 Å². The van der Waals surface area contributed by atoms with Gasteiger partial charge in [0.1, 0.15) is 12.1 Å². The van der Waals surface area contributed by atoms with Gasteiger partial charge in [0.2, 0.25) is 0 Å². The number of rotatable bonds is 3. The number of ether oxygens (including phenoxy) is 1. The Kier molecular flexibility index (Phi) is 2.13. The standard InChI is InChI=1S/C9H13NO/c1-4-8-10-9(5-2,6-3)7-11-8/h5-6H,2-4,7H2,1H3. The summed E-state index contributed by atoms with van der Waals surface area (Å²) >= 11 is 0. The molecular formula is C9H13NO. The van der Waals surface area contributed by atoms with Crippen LogP contribution in [0.2, 0.25) is 0 Å². The molecule has 0 aromatic heterocycles. The molecule has 0 saturated carbocycles. The van der Waals surface area contributed by atoms with E-state index in [9.17, 15) is 0 Å². The molecule has 0 N–H and O–H groups in total. The third kappa shape index (κ3) is 1.34. The Hall–Kier alpha value is -1.05. The van der Waals surface area contributed by atoms with E-state index in [2.05, 4.69) is 18.2 Å². The van der Waals surface area contributed by atoms with Gasteiger partial charge in [-0.3, -0.25) is 0 Å². The van der Waals surface area contributed by atoms with Gasteiger partial charge in [-0.2, -0.15) is 0 Å². The fraction of sp³-hybridized carbons (Fsp3) is 0.444. The molecule has 0 fully saturated rings. The fourth-order valence-corrected chi connectivity index (χ4v) is 0.969. The molecule has 0 amide bonds. The van der Waals surface area contributed by atoms with Crippen LogP contribution in [0.15, 0.2) is 30.3 Å². The molecule has 0 aromatic rings. The number of aliphatic imine (C=N–C) groups is 1. The Morgan fingerprint density at radius 3 is 2.55 bits per heavy atom. The first-order valence-corrected chi connectivity index (χ1v) is 3.75. The van der Waals surface area contributed by atoms with Crippen molar-refractivity contribution in [1.29, 1.82) is 0 Å². The molecular weight excluding hydrogens is 138 g/mol. The predicted octanol–water partition coefficient (Wildman–Crippen LogP) is 1.94. The van der Waals surface area contributed by atoms with Crippen LogP contribution in [0.4, 0.5) is 0 Å². The van der Waals surface area contributed by atoms with Crippen LogP contribution in [0.1, 0.15) is 13.3 Å². The zero-order chi connectivity index (χ0) is 8.32. The van der Waals surface area contributed by atoms with Crippen molar-refractivity contribution in [2.45, 2.75) is 18.9 Å². The zero-order valence-electron chi connectivity index (χ0n) is 6.84. The van der Waals surface area contributed by atoms with Crippen LogP contribution in [0.25, 0.3) is 0 Å². The lowest BCUT2D eigenvalue weighted by Gasteiger charge is -2.12. The topological polar surface area (TPSA) is 21.6 Å². The van der Waals surface area contributed by atoms with Crippen LogP contribution in [0.3, 0.4) is 0 Å². The van der Waals surface area contributed by atoms with E-state index in [0.29, 0.717) is 6.61 Å². The molecule has 1 rings (SSSR count). The number of nitrogens with zero attached hydrogens (tertiary/aromatic N) is 1. The quantitative estimate of drug-likeness (QED) is 0.565. The first kappa shape index (κ1) is 8.05. The van der Waals surface area contributed by atoms with Crippen LogP contribution in [0.5, 0.6) is 0 Å². The van der Waals surface area contributed by atoms with Crippen molar-refractivity contribution in [3.63, 3.8) is 0 Å². The Labute approximate surface area is 67.3 Å². The summed E-state index contributed by atoms with van der Waals surface area (Å²) in [5, 5.41) is 0. The van der Waals surface area contributed by atoms with Crippen molar-refractivity contribution in [3.05, 3.63) is 25.3 Å². The number of hydrogen-bond donors (Lipinski definition) is 0. The molecule has 2 heteroatoms. The minimum atomic E-state index is -0.356. The normalized spacial score (nSPS) is 20.3. The van der Waals surface area contributed by atoms with E-state index in [4.69, 9.17) is 4.74 Å². The molecule has 0 atom stereocenters. The van der Waals surface area contributed by atoms with Gasteiger partial charge in [-0.25, -0.2) is 4.99 Å². The second kappa shape index (κ2) is 2.91. The Bertz CT molecular complexity index is 198. The highest BCUT2D eigenvalue weighted by Gasteiger charge is 2.29. The van der Waals surface area contributed by atoms with Crippen LogP contribution in [-0.4, -0.2) is 18.0 Å². The van der Waals surface area contributed by atoms with Crippen LogP contribution < -0.4 is 0 Å². The molecule has 11 heavy (non-hydrogen) atoms. The van der Waals surface area contributed by atoms with Crippen molar-refractivity contribution in [3.8, 4) is 0 Å². The predicted molar refractivity (Wildman–Crippen MR) is 46.8 cm³/mol. The average molecular weight is 151 g/mol.